The number of fused-ring (bicyclic) bond motifs is 1. The molecule has 0 aliphatic carbocycles. The molecule has 14 heteroatoms. The number of cyclic esters (lactones) is 1. The van der Waals surface area contributed by atoms with E-state index in [-0.39, 0.29) is 44.4 Å². The standard InChI is InChI=1S/C32H53N5O9/c1-10-19(4)25-30(42)36(9)26(18(2)3)31(43)35(8)20(5)27(39)33-14-13-24(38)45-23(16-21-17-44-32(6,7)46-21)29(41)37-15-11-12-22(37)28(40)34-25/h18-23,25-26H,10-17H2,1-9H3,(H,33,39)(H,34,40)/t19-,20-,21-,22-,23+,25-,26?/m0/s1. The van der Waals surface area contributed by atoms with Crippen molar-refractivity contribution in [3.8, 4) is 0 Å². The van der Waals surface area contributed by atoms with Crippen LogP contribution in [0.4, 0.5) is 0 Å². The van der Waals surface area contributed by atoms with Crippen molar-refractivity contribution in [1.82, 2.24) is 25.3 Å². The molecule has 46 heavy (non-hydrogen) atoms. The highest BCUT2D eigenvalue weighted by molar-refractivity contribution is 5.96. The molecule has 7 atom stereocenters. The Hall–Kier alpha value is -3.26. The van der Waals surface area contributed by atoms with Crippen LogP contribution in [0.25, 0.3) is 0 Å². The normalized spacial score (nSPS) is 31.6. The first-order valence-corrected chi connectivity index (χ1v) is 16.4. The predicted molar refractivity (Wildman–Crippen MR) is 167 cm³/mol. The van der Waals surface area contributed by atoms with Gasteiger partial charge < -0.3 is 39.5 Å². The van der Waals surface area contributed by atoms with Crippen LogP contribution in [0.5, 0.6) is 0 Å². The Bertz CT molecular complexity index is 1160. The first-order valence-electron chi connectivity index (χ1n) is 16.4. The predicted octanol–water partition coefficient (Wildman–Crippen LogP) is 0.812. The van der Waals surface area contributed by atoms with Gasteiger partial charge in [0.2, 0.25) is 23.6 Å². The molecule has 3 aliphatic heterocycles. The summed E-state index contributed by atoms with van der Waals surface area (Å²) in [6.07, 6.45) is -0.513. The molecule has 0 spiro atoms. The van der Waals surface area contributed by atoms with Crippen LogP contribution in [0, 0.1) is 11.8 Å². The second kappa shape index (κ2) is 15.6. The van der Waals surface area contributed by atoms with Crippen LogP contribution in [0.2, 0.25) is 0 Å². The molecule has 14 nitrogen and oxygen atoms in total. The van der Waals surface area contributed by atoms with Crippen LogP contribution in [-0.4, -0.2) is 126 Å². The maximum absolute atomic E-state index is 14.0. The number of carbonyl (C=O) groups excluding carboxylic acids is 6. The number of rotatable bonds is 5. The molecule has 3 fully saturated rings. The molecule has 3 saturated heterocycles. The van der Waals surface area contributed by atoms with Gasteiger partial charge in [-0.1, -0.05) is 34.1 Å². The molecule has 0 aromatic carbocycles. The zero-order valence-corrected chi connectivity index (χ0v) is 28.8. The van der Waals surface area contributed by atoms with Gasteiger partial charge in [0.25, 0.3) is 5.91 Å². The van der Waals surface area contributed by atoms with E-state index < -0.39 is 77.7 Å². The van der Waals surface area contributed by atoms with Crippen molar-refractivity contribution >= 4 is 35.5 Å². The summed E-state index contributed by atoms with van der Waals surface area (Å²) < 4.78 is 17.2. The van der Waals surface area contributed by atoms with Crippen LogP contribution in [-0.2, 0) is 43.0 Å². The van der Waals surface area contributed by atoms with Gasteiger partial charge in [-0.25, -0.2) is 0 Å². The Morgan fingerprint density at radius 1 is 0.957 bits per heavy atom. The molecule has 0 aromatic heterocycles. The van der Waals surface area contributed by atoms with Gasteiger partial charge in [-0.15, -0.1) is 0 Å². The Morgan fingerprint density at radius 3 is 2.22 bits per heavy atom. The summed E-state index contributed by atoms with van der Waals surface area (Å²) in [6.45, 7) is 12.8. The number of carbonyl (C=O) groups is 6. The third kappa shape index (κ3) is 8.75. The van der Waals surface area contributed by atoms with Gasteiger partial charge in [0, 0.05) is 33.6 Å². The van der Waals surface area contributed by atoms with E-state index in [2.05, 4.69) is 10.6 Å². The van der Waals surface area contributed by atoms with Gasteiger partial charge in [-0.2, -0.15) is 0 Å². The summed E-state index contributed by atoms with van der Waals surface area (Å²) in [6, 6.07) is -3.68. The number of amides is 5. The lowest BCUT2D eigenvalue weighted by atomic mass is 9.94. The third-order valence-electron chi connectivity index (χ3n) is 9.29. The van der Waals surface area contributed by atoms with Gasteiger partial charge in [0.15, 0.2) is 11.9 Å². The minimum atomic E-state index is -1.26. The molecule has 0 bridgehead atoms. The van der Waals surface area contributed by atoms with Crippen LogP contribution in [0.15, 0.2) is 0 Å². The van der Waals surface area contributed by atoms with E-state index in [1.807, 2.05) is 27.7 Å². The topological polar surface area (TPSA) is 164 Å². The summed E-state index contributed by atoms with van der Waals surface area (Å²) >= 11 is 0. The smallest absolute Gasteiger partial charge is 0.308 e. The minimum Gasteiger partial charge on any atom is -0.452 e. The summed E-state index contributed by atoms with van der Waals surface area (Å²) in [5.41, 5.74) is 0. The van der Waals surface area contributed by atoms with Crippen molar-refractivity contribution < 1.29 is 43.0 Å². The number of esters is 1. The van der Waals surface area contributed by atoms with Crippen LogP contribution >= 0.6 is 0 Å². The fraction of sp³-hybridized carbons (Fsp3) is 0.812. The average Bonchev–Trinajstić information content (AvgIpc) is 3.62. The highest BCUT2D eigenvalue weighted by Crippen LogP contribution is 2.28. The van der Waals surface area contributed by atoms with Crippen molar-refractivity contribution in [2.75, 3.05) is 33.8 Å². The van der Waals surface area contributed by atoms with E-state index in [1.165, 1.54) is 28.8 Å². The Labute approximate surface area is 272 Å². The lowest BCUT2D eigenvalue weighted by molar-refractivity contribution is -0.166. The van der Waals surface area contributed by atoms with E-state index in [0.29, 0.717) is 19.3 Å². The molecule has 260 valence electrons. The monoisotopic (exact) mass is 651 g/mol. The van der Waals surface area contributed by atoms with Crippen molar-refractivity contribution in [3.05, 3.63) is 0 Å². The fourth-order valence-electron chi connectivity index (χ4n) is 6.22. The molecular formula is C32H53N5O9. The number of hydrogen-bond acceptors (Lipinski definition) is 9. The van der Waals surface area contributed by atoms with Crippen LogP contribution in [0.3, 0.4) is 0 Å². The SMILES string of the molecule is CC[C@H](C)[C@@H]1NC(=O)[C@@H]2CCCN2C(=O)[C@@H](C[C@H]2COC(C)(C)O2)OC(=O)CCNC(=O)[C@H](C)N(C)C(=O)C(C(C)C)N(C)C1=O. The fourth-order valence-corrected chi connectivity index (χ4v) is 6.22. The minimum absolute atomic E-state index is 0.0184. The van der Waals surface area contributed by atoms with Gasteiger partial charge in [-0.05, 0) is 45.4 Å². The van der Waals surface area contributed by atoms with E-state index in [0.717, 1.165) is 0 Å². The van der Waals surface area contributed by atoms with Crippen molar-refractivity contribution in [2.24, 2.45) is 11.8 Å². The molecule has 0 radical (unpaired) electrons. The third-order valence-corrected chi connectivity index (χ3v) is 9.29. The molecule has 3 aliphatic rings. The highest BCUT2D eigenvalue weighted by atomic mass is 16.7. The zero-order chi connectivity index (χ0) is 34.5. The molecule has 0 aromatic rings. The highest BCUT2D eigenvalue weighted by Gasteiger charge is 2.44. The lowest BCUT2D eigenvalue weighted by Crippen LogP contribution is -2.60. The van der Waals surface area contributed by atoms with Crippen LogP contribution < -0.4 is 10.6 Å². The Balaban J connectivity index is 1.99. The maximum atomic E-state index is 14.0. The molecule has 3 rings (SSSR count). The summed E-state index contributed by atoms with van der Waals surface area (Å²) in [5.74, 6) is -4.57. The molecule has 0 saturated carbocycles. The van der Waals surface area contributed by atoms with E-state index >= 15 is 0 Å². The van der Waals surface area contributed by atoms with E-state index in [4.69, 9.17) is 14.2 Å². The van der Waals surface area contributed by atoms with Crippen LogP contribution in [0.1, 0.15) is 80.6 Å². The first kappa shape index (κ1) is 37.2. The van der Waals surface area contributed by atoms with E-state index in [9.17, 15) is 28.8 Å². The second-order valence-corrected chi connectivity index (χ2v) is 13.5. The number of likely N-dealkylation sites (N-methyl/N-ethyl adjacent to an activating group) is 2. The van der Waals surface area contributed by atoms with Crippen molar-refractivity contribution in [2.45, 2.75) is 123 Å². The molecule has 2 N–H and O–H groups in total. The van der Waals surface area contributed by atoms with Gasteiger partial charge in [0.05, 0.1) is 19.1 Å². The van der Waals surface area contributed by atoms with E-state index in [1.54, 1.807) is 20.8 Å². The Kier molecular flexibility index (Phi) is 12.6. The number of ether oxygens (including phenoxy) is 3. The van der Waals surface area contributed by atoms with Gasteiger partial charge in [-0.3, -0.25) is 28.8 Å². The first-order chi connectivity index (χ1) is 21.5. The van der Waals surface area contributed by atoms with Gasteiger partial charge >= 0.3 is 5.97 Å². The van der Waals surface area contributed by atoms with Gasteiger partial charge in [0.1, 0.15) is 24.2 Å². The summed E-state index contributed by atoms with van der Waals surface area (Å²) in [7, 11) is 3.02. The number of nitrogens with zero attached hydrogens (tertiary/aromatic N) is 3. The number of hydrogen-bond donors (Lipinski definition) is 2. The lowest BCUT2D eigenvalue weighted by Gasteiger charge is -2.38. The second-order valence-electron chi connectivity index (χ2n) is 13.5. The Morgan fingerprint density at radius 2 is 1.63 bits per heavy atom. The molecule has 1 unspecified atom stereocenters. The van der Waals surface area contributed by atoms with Crippen molar-refractivity contribution in [3.63, 3.8) is 0 Å². The molecular weight excluding hydrogens is 598 g/mol. The molecule has 3 heterocycles. The zero-order valence-electron chi connectivity index (χ0n) is 28.8. The summed E-state index contributed by atoms with van der Waals surface area (Å²) in [4.78, 5) is 85.6. The average molecular weight is 652 g/mol. The quantitative estimate of drug-likeness (QED) is 0.410. The maximum Gasteiger partial charge on any atom is 0.308 e. The molecule has 5 amide bonds. The summed E-state index contributed by atoms with van der Waals surface area (Å²) in [5, 5.41) is 5.56. The van der Waals surface area contributed by atoms with Crippen molar-refractivity contribution in [1.29, 1.82) is 0 Å². The largest absolute Gasteiger partial charge is 0.452 e. The number of nitrogens with one attached hydrogen (secondary N) is 2.